The molecule has 108 valence electrons. The fourth-order valence-electron chi connectivity index (χ4n) is 0.964. The first-order chi connectivity index (χ1) is 8.10. The van der Waals surface area contributed by atoms with Crippen LogP contribution in [0.25, 0.3) is 0 Å². The second-order valence-corrected chi connectivity index (χ2v) is 6.87. The Morgan fingerprint density at radius 2 is 1.22 bits per heavy atom. The van der Waals surface area contributed by atoms with Gasteiger partial charge in [0.25, 0.3) is 0 Å². The molecule has 8 nitrogen and oxygen atoms in total. The van der Waals surface area contributed by atoms with Crippen LogP contribution in [0.2, 0.25) is 0 Å². The topological polar surface area (TPSA) is 138 Å². The normalized spacial score (nSPS) is 12.1. The molecular formula is C7H14N2O6S3-2. The molecule has 2 N–H and O–H groups in total. The SMILES string of the molecule is O=S(=O)([O-])CCCNC(=S)NCCCS(=O)(=O)[O-]. The van der Waals surface area contributed by atoms with Gasteiger partial charge in [-0.15, -0.1) is 0 Å². The summed E-state index contributed by atoms with van der Waals surface area (Å²) in [4.78, 5) is 0. The summed E-state index contributed by atoms with van der Waals surface area (Å²) in [5, 5.41) is 5.49. The molecule has 0 radical (unpaired) electrons. The van der Waals surface area contributed by atoms with Crippen LogP contribution >= 0.6 is 12.2 Å². The lowest BCUT2D eigenvalue weighted by Crippen LogP contribution is -2.37. The van der Waals surface area contributed by atoms with E-state index in [4.69, 9.17) is 12.2 Å². The van der Waals surface area contributed by atoms with E-state index in [1.165, 1.54) is 0 Å². The molecule has 0 heterocycles. The fourth-order valence-corrected chi connectivity index (χ4v) is 2.16. The van der Waals surface area contributed by atoms with Gasteiger partial charge >= 0.3 is 0 Å². The van der Waals surface area contributed by atoms with Crippen molar-refractivity contribution in [2.24, 2.45) is 0 Å². The van der Waals surface area contributed by atoms with Gasteiger partial charge in [-0.2, -0.15) is 0 Å². The maximum atomic E-state index is 10.3. The maximum Gasteiger partial charge on any atom is 0.166 e. The number of rotatable bonds is 8. The van der Waals surface area contributed by atoms with Crippen molar-refractivity contribution in [1.82, 2.24) is 10.6 Å². The number of hydrogen-bond acceptors (Lipinski definition) is 7. The van der Waals surface area contributed by atoms with Crippen molar-refractivity contribution >= 4 is 37.6 Å². The van der Waals surface area contributed by atoms with Gasteiger partial charge in [0.15, 0.2) is 5.11 Å². The Morgan fingerprint density at radius 3 is 1.50 bits per heavy atom. The van der Waals surface area contributed by atoms with Gasteiger partial charge in [0.1, 0.15) is 0 Å². The number of nitrogens with one attached hydrogen (secondary N) is 2. The highest BCUT2D eigenvalue weighted by Gasteiger charge is 1.99. The minimum absolute atomic E-state index is 0.128. The Balaban J connectivity index is 3.55. The first-order valence-electron chi connectivity index (χ1n) is 4.99. The summed E-state index contributed by atoms with van der Waals surface area (Å²) >= 11 is 4.79. The van der Waals surface area contributed by atoms with E-state index in [-0.39, 0.29) is 31.0 Å². The Morgan fingerprint density at radius 1 is 0.889 bits per heavy atom. The van der Waals surface area contributed by atoms with Crippen molar-refractivity contribution in [3.8, 4) is 0 Å². The first kappa shape index (κ1) is 17.5. The van der Waals surface area contributed by atoms with Crippen LogP contribution in [-0.4, -0.2) is 55.6 Å². The lowest BCUT2D eigenvalue weighted by atomic mass is 10.5. The molecule has 11 heteroatoms. The molecule has 0 rings (SSSR count). The molecule has 0 saturated heterocycles. The van der Waals surface area contributed by atoms with Crippen LogP contribution in [0.15, 0.2) is 0 Å². The Labute approximate surface area is 112 Å². The highest BCUT2D eigenvalue weighted by atomic mass is 32.2. The van der Waals surface area contributed by atoms with E-state index in [0.717, 1.165) is 0 Å². The zero-order chi connectivity index (χ0) is 14.2. The van der Waals surface area contributed by atoms with Gasteiger partial charge in [-0.1, -0.05) is 0 Å². The lowest BCUT2D eigenvalue weighted by molar-refractivity contribution is 0.459. The summed E-state index contributed by atoms with van der Waals surface area (Å²) in [7, 11) is -8.43. The average molecular weight is 318 g/mol. The van der Waals surface area contributed by atoms with Gasteiger partial charge in [0.05, 0.1) is 20.2 Å². The lowest BCUT2D eigenvalue weighted by Gasteiger charge is -2.12. The van der Waals surface area contributed by atoms with Gasteiger partial charge in [-0.25, -0.2) is 16.8 Å². The third-order valence-electron chi connectivity index (χ3n) is 1.71. The molecule has 0 aliphatic carbocycles. The van der Waals surface area contributed by atoms with Crippen molar-refractivity contribution in [3.63, 3.8) is 0 Å². The molecule has 0 aromatic carbocycles. The minimum atomic E-state index is -4.21. The van der Waals surface area contributed by atoms with Crippen LogP contribution in [-0.2, 0) is 20.2 Å². The van der Waals surface area contributed by atoms with Gasteiger partial charge in [-0.05, 0) is 25.1 Å². The Hall–Kier alpha value is -0.490. The van der Waals surface area contributed by atoms with Gasteiger partial charge in [0, 0.05) is 24.6 Å². The van der Waals surface area contributed by atoms with Crippen LogP contribution in [0, 0.1) is 0 Å². The van der Waals surface area contributed by atoms with Crippen molar-refractivity contribution in [2.75, 3.05) is 24.6 Å². The van der Waals surface area contributed by atoms with E-state index in [9.17, 15) is 25.9 Å². The molecule has 0 aliphatic rings. The molecule has 0 atom stereocenters. The summed E-state index contributed by atoms with van der Waals surface area (Å²) in [6, 6.07) is 0. The van der Waals surface area contributed by atoms with E-state index in [0.29, 0.717) is 0 Å². The van der Waals surface area contributed by atoms with Crippen LogP contribution in [0.4, 0.5) is 0 Å². The second kappa shape index (κ2) is 7.84. The second-order valence-electron chi connectivity index (χ2n) is 3.41. The number of thiocarbonyl (C=S) groups is 1. The smallest absolute Gasteiger partial charge is 0.166 e. The van der Waals surface area contributed by atoms with E-state index in [2.05, 4.69) is 10.6 Å². The van der Waals surface area contributed by atoms with E-state index >= 15 is 0 Å². The minimum Gasteiger partial charge on any atom is -0.748 e. The summed E-state index contributed by atoms with van der Waals surface area (Å²) in [6.07, 6.45) is 0.255. The summed E-state index contributed by atoms with van der Waals surface area (Å²) in [6.45, 7) is 0.431. The highest BCUT2D eigenvalue weighted by molar-refractivity contribution is 7.85. The Bertz CT molecular complexity index is 416. The van der Waals surface area contributed by atoms with E-state index in [1.54, 1.807) is 0 Å². The summed E-state index contributed by atoms with van der Waals surface area (Å²) in [5.41, 5.74) is 0. The zero-order valence-corrected chi connectivity index (χ0v) is 11.9. The van der Waals surface area contributed by atoms with Crippen LogP contribution < -0.4 is 10.6 Å². The molecule has 0 bridgehead atoms. The van der Waals surface area contributed by atoms with Crippen LogP contribution in [0.3, 0.4) is 0 Å². The molecule has 0 aliphatic heterocycles. The van der Waals surface area contributed by atoms with Crippen molar-refractivity contribution in [3.05, 3.63) is 0 Å². The molecular weight excluding hydrogens is 304 g/mol. The molecule has 0 spiro atoms. The van der Waals surface area contributed by atoms with Gasteiger partial charge in [-0.3, -0.25) is 0 Å². The molecule has 0 aromatic rings. The van der Waals surface area contributed by atoms with Crippen molar-refractivity contribution in [2.45, 2.75) is 12.8 Å². The molecule has 0 fully saturated rings. The molecule has 0 aromatic heterocycles. The predicted octanol–water partition coefficient (Wildman–Crippen LogP) is -1.68. The van der Waals surface area contributed by atoms with Gasteiger partial charge in [0.2, 0.25) is 0 Å². The zero-order valence-electron chi connectivity index (χ0n) is 9.42. The van der Waals surface area contributed by atoms with Crippen LogP contribution in [0.5, 0.6) is 0 Å². The maximum absolute atomic E-state index is 10.3. The van der Waals surface area contributed by atoms with Crippen molar-refractivity contribution in [1.29, 1.82) is 0 Å². The van der Waals surface area contributed by atoms with Gasteiger partial charge < -0.3 is 19.7 Å². The molecule has 0 saturated carbocycles. The molecule has 0 amide bonds. The van der Waals surface area contributed by atoms with E-state index in [1.807, 2.05) is 0 Å². The third-order valence-corrected chi connectivity index (χ3v) is 3.58. The quantitative estimate of drug-likeness (QED) is 0.305. The molecule has 18 heavy (non-hydrogen) atoms. The summed E-state index contributed by atoms with van der Waals surface area (Å²) < 4.78 is 61.6. The van der Waals surface area contributed by atoms with E-state index < -0.39 is 31.7 Å². The monoisotopic (exact) mass is 318 g/mol. The predicted molar refractivity (Wildman–Crippen MR) is 67.0 cm³/mol. The highest BCUT2D eigenvalue weighted by Crippen LogP contribution is 1.87. The third kappa shape index (κ3) is 13.6. The Kier molecular flexibility index (Phi) is 7.62. The largest absolute Gasteiger partial charge is 0.748 e. The van der Waals surface area contributed by atoms with Crippen molar-refractivity contribution < 1.29 is 25.9 Å². The fraction of sp³-hybridized carbons (Fsp3) is 0.857. The molecule has 0 unspecified atom stereocenters. The van der Waals surface area contributed by atoms with Crippen LogP contribution in [0.1, 0.15) is 12.8 Å². The average Bonchev–Trinajstić information content (AvgIpc) is 2.17. The first-order valence-corrected chi connectivity index (χ1v) is 8.55. The number of hydrogen-bond donors (Lipinski definition) is 2. The standard InChI is InChI=1S/C7H16N2O6S3/c10-17(11,12)5-1-3-8-7(16)9-4-2-6-18(13,14)15/h1-6H2,(H2,8,9,16)(H,10,11,12)(H,13,14,15)/p-2. The summed E-state index contributed by atoms with van der Waals surface area (Å²) in [5.74, 6) is -0.950.